The van der Waals surface area contributed by atoms with Crippen molar-refractivity contribution in [1.82, 2.24) is 15.1 Å². The summed E-state index contributed by atoms with van der Waals surface area (Å²) in [5, 5.41) is 18.2. The number of rotatable bonds is 4. The Morgan fingerprint density at radius 2 is 2.24 bits per heavy atom. The molecule has 1 heterocycles. The van der Waals surface area contributed by atoms with Crippen molar-refractivity contribution in [3.63, 3.8) is 0 Å². The summed E-state index contributed by atoms with van der Waals surface area (Å²) in [4.78, 5) is 24.4. The van der Waals surface area contributed by atoms with Crippen molar-refractivity contribution in [1.29, 1.82) is 0 Å². The second-order valence-electron chi connectivity index (χ2n) is 4.39. The largest absolute Gasteiger partial charge is 0.478 e. The highest BCUT2D eigenvalue weighted by atomic mass is 35.5. The van der Waals surface area contributed by atoms with E-state index in [1.54, 1.807) is 25.5 Å². The predicted octanol–water partition coefficient (Wildman–Crippen LogP) is 2.43. The molecule has 0 aliphatic heterocycles. The number of hydrogen-bond donors (Lipinski definition) is 3. The van der Waals surface area contributed by atoms with Crippen LogP contribution in [0.4, 0.5) is 10.5 Å². The van der Waals surface area contributed by atoms with E-state index in [0.717, 1.165) is 5.56 Å². The average molecular weight is 309 g/mol. The minimum atomic E-state index is -1.15. The van der Waals surface area contributed by atoms with Crippen molar-refractivity contribution in [2.75, 3.05) is 12.4 Å². The molecule has 0 saturated carbocycles. The summed E-state index contributed by atoms with van der Waals surface area (Å²) in [6.07, 6.45) is 3.31. The van der Waals surface area contributed by atoms with E-state index in [-0.39, 0.29) is 16.6 Å². The van der Waals surface area contributed by atoms with Gasteiger partial charge in [0.15, 0.2) is 0 Å². The van der Waals surface area contributed by atoms with Crippen molar-refractivity contribution in [3.05, 3.63) is 46.7 Å². The van der Waals surface area contributed by atoms with Crippen molar-refractivity contribution in [3.8, 4) is 0 Å². The first kappa shape index (κ1) is 14.9. The number of aromatic amines is 1. The SMILES string of the molecule is CN(Cc1cn[nH]c1)C(=O)Nc1ccc(Cl)c(C(=O)O)c1. The van der Waals surface area contributed by atoms with E-state index in [9.17, 15) is 9.59 Å². The fourth-order valence-electron chi connectivity index (χ4n) is 1.70. The Kier molecular flexibility index (Phi) is 4.44. The first-order valence-corrected chi connectivity index (χ1v) is 6.38. The Morgan fingerprint density at radius 3 is 2.86 bits per heavy atom. The summed E-state index contributed by atoms with van der Waals surface area (Å²) in [7, 11) is 1.62. The third-order valence-corrected chi connectivity index (χ3v) is 3.10. The minimum absolute atomic E-state index is 0.0630. The molecule has 0 fully saturated rings. The Hall–Kier alpha value is -2.54. The van der Waals surface area contributed by atoms with Crippen LogP contribution in [0.5, 0.6) is 0 Å². The number of carboxylic acid groups (broad SMARTS) is 1. The van der Waals surface area contributed by atoms with Gasteiger partial charge in [0.2, 0.25) is 0 Å². The maximum atomic E-state index is 12.0. The zero-order valence-electron chi connectivity index (χ0n) is 11.1. The van der Waals surface area contributed by atoms with Crippen LogP contribution < -0.4 is 5.32 Å². The second kappa shape index (κ2) is 6.27. The summed E-state index contributed by atoms with van der Waals surface area (Å²) in [5.41, 5.74) is 1.16. The number of benzene rings is 1. The van der Waals surface area contributed by atoms with Gasteiger partial charge in [0.05, 0.1) is 23.3 Å². The number of nitrogens with zero attached hydrogens (tertiary/aromatic N) is 2. The first-order chi connectivity index (χ1) is 9.97. The van der Waals surface area contributed by atoms with Crippen LogP contribution in [0, 0.1) is 0 Å². The van der Waals surface area contributed by atoms with Crippen LogP contribution in [0.2, 0.25) is 5.02 Å². The van der Waals surface area contributed by atoms with Gasteiger partial charge in [0.1, 0.15) is 0 Å². The molecule has 0 aliphatic rings. The van der Waals surface area contributed by atoms with Gasteiger partial charge in [-0.3, -0.25) is 5.10 Å². The Labute approximate surface area is 125 Å². The summed E-state index contributed by atoms with van der Waals surface area (Å²) in [5.74, 6) is -1.15. The number of halogens is 1. The third-order valence-electron chi connectivity index (χ3n) is 2.77. The molecule has 2 aromatic rings. The number of carbonyl (C=O) groups is 2. The monoisotopic (exact) mass is 308 g/mol. The number of anilines is 1. The van der Waals surface area contributed by atoms with Gasteiger partial charge < -0.3 is 15.3 Å². The van der Waals surface area contributed by atoms with Gasteiger partial charge >= 0.3 is 12.0 Å². The number of carboxylic acids is 1. The molecule has 21 heavy (non-hydrogen) atoms. The van der Waals surface area contributed by atoms with Crippen molar-refractivity contribution >= 4 is 29.3 Å². The fourth-order valence-corrected chi connectivity index (χ4v) is 1.89. The molecule has 0 radical (unpaired) electrons. The summed E-state index contributed by atoms with van der Waals surface area (Å²) in [6, 6.07) is 3.92. The van der Waals surface area contributed by atoms with Gasteiger partial charge in [-0.2, -0.15) is 5.10 Å². The van der Waals surface area contributed by atoms with E-state index >= 15 is 0 Å². The van der Waals surface area contributed by atoms with Gasteiger partial charge in [-0.25, -0.2) is 9.59 Å². The normalized spacial score (nSPS) is 10.2. The first-order valence-electron chi connectivity index (χ1n) is 6.00. The number of H-pyrrole nitrogens is 1. The Balaban J connectivity index is 2.05. The minimum Gasteiger partial charge on any atom is -0.478 e. The Morgan fingerprint density at radius 1 is 1.48 bits per heavy atom. The van der Waals surface area contributed by atoms with Gasteiger partial charge in [0, 0.05) is 24.5 Å². The van der Waals surface area contributed by atoms with Gasteiger partial charge in [0.25, 0.3) is 0 Å². The topological polar surface area (TPSA) is 98.3 Å². The zero-order valence-corrected chi connectivity index (χ0v) is 11.9. The molecule has 3 N–H and O–H groups in total. The van der Waals surface area contributed by atoms with Gasteiger partial charge in [-0.05, 0) is 18.2 Å². The third kappa shape index (κ3) is 3.73. The molecular weight excluding hydrogens is 296 g/mol. The number of amides is 2. The quantitative estimate of drug-likeness (QED) is 0.807. The smallest absolute Gasteiger partial charge is 0.337 e. The molecule has 0 atom stereocenters. The van der Waals surface area contributed by atoms with Gasteiger partial charge in [-0.15, -0.1) is 0 Å². The van der Waals surface area contributed by atoms with Crippen LogP contribution in [0.15, 0.2) is 30.6 Å². The molecule has 2 rings (SSSR count). The van der Waals surface area contributed by atoms with E-state index in [2.05, 4.69) is 15.5 Å². The summed E-state index contributed by atoms with van der Waals surface area (Å²) >= 11 is 5.77. The molecule has 2 amide bonds. The van der Waals surface area contributed by atoms with Crippen molar-refractivity contribution < 1.29 is 14.7 Å². The Bertz CT molecular complexity index is 657. The van der Waals surface area contributed by atoms with Crippen LogP contribution in [0.25, 0.3) is 0 Å². The maximum absolute atomic E-state index is 12.0. The molecule has 8 heteroatoms. The number of carbonyl (C=O) groups excluding carboxylic acids is 1. The van der Waals surface area contributed by atoms with Crippen molar-refractivity contribution in [2.24, 2.45) is 0 Å². The van der Waals surface area contributed by atoms with Crippen LogP contribution in [-0.2, 0) is 6.54 Å². The predicted molar refractivity (Wildman–Crippen MR) is 77.5 cm³/mol. The molecule has 0 spiro atoms. The molecule has 0 bridgehead atoms. The second-order valence-corrected chi connectivity index (χ2v) is 4.80. The fraction of sp³-hybridized carbons (Fsp3) is 0.154. The molecule has 1 aromatic carbocycles. The number of hydrogen-bond acceptors (Lipinski definition) is 3. The lowest BCUT2D eigenvalue weighted by Crippen LogP contribution is -2.30. The lowest BCUT2D eigenvalue weighted by molar-refractivity contribution is 0.0697. The lowest BCUT2D eigenvalue weighted by atomic mass is 10.2. The molecule has 110 valence electrons. The van der Waals surface area contributed by atoms with Crippen LogP contribution in [-0.4, -0.2) is 39.3 Å². The van der Waals surface area contributed by atoms with Crippen LogP contribution >= 0.6 is 11.6 Å². The highest BCUT2D eigenvalue weighted by molar-refractivity contribution is 6.33. The van der Waals surface area contributed by atoms with E-state index in [1.807, 2.05) is 0 Å². The number of aromatic nitrogens is 2. The van der Waals surface area contributed by atoms with E-state index in [4.69, 9.17) is 16.7 Å². The molecular formula is C13H13ClN4O3. The lowest BCUT2D eigenvalue weighted by Gasteiger charge is -2.17. The molecule has 0 saturated heterocycles. The standard InChI is InChI=1S/C13H13ClN4O3/c1-18(7-8-5-15-16-6-8)13(21)17-9-2-3-11(14)10(4-9)12(19)20/h2-6H,7H2,1H3,(H,15,16)(H,17,21)(H,19,20). The van der Waals surface area contributed by atoms with E-state index < -0.39 is 5.97 Å². The highest BCUT2D eigenvalue weighted by Crippen LogP contribution is 2.20. The molecule has 7 nitrogen and oxygen atoms in total. The molecule has 0 aliphatic carbocycles. The average Bonchev–Trinajstić information content (AvgIpc) is 2.93. The van der Waals surface area contributed by atoms with Gasteiger partial charge in [-0.1, -0.05) is 11.6 Å². The van der Waals surface area contributed by atoms with E-state index in [1.165, 1.54) is 17.0 Å². The van der Waals surface area contributed by atoms with Crippen molar-refractivity contribution in [2.45, 2.75) is 6.54 Å². The van der Waals surface area contributed by atoms with Crippen LogP contribution in [0.1, 0.15) is 15.9 Å². The maximum Gasteiger partial charge on any atom is 0.337 e. The zero-order chi connectivity index (χ0) is 15.4. The number of nitrogens with one attached hydrogen (secondary N) is 2. The number of aromatic carboxylic acids is 1. The molecule has 1 aromatic heterocycles. The molecule has 0 unspecified atom stereocenters. The highest BCUT2D eigenvalue weighted by Gasteiger charge is 2.13. The number of urea groups is 1. The summed E-state index contributed by atoms with van der Waals surface area (Å²) in [6.45, 7) is 0.377. The van der Waals surface area contributed by atoms with Crippen LogP contribution in [0.3, 0.4) is 0 Å². The van der Waals surface area contributed by atoms with E-state index in [0.29, 0.717) is 12.2 Å². The summed E-state index contributed by atoms with van der Waals surface area (Å²) < 4.78 is 0.